The number of halogens is 1. The van der Waals surface area contributed by atoms with Gasteiger partial charge >= 0.3 is 0 Å². The second kappa shape index (κ2) is 8.93. The largest absolute Gasteiger partial charge is 0.399 e. The number of rotatable bonds is 4. The van der Waals surface area contributed by atoms with E-state index in [4.69, 9.17) is 5.73 Å². The molecule has 1 amide bonds. The van der Waals surface area contributed by atoms with E-state index >= 15 is 0 Å². The standard InChI is InChI=1S/C17H26N2O.ClH/c1-19(15-9-4-2-3-5-10-15)17(20)13-12-14-8-6-7-11-16(14)18;/h6-8,11,15H,2-5,9-10,12-13,18H2,1H3;1H. The fourth-order valence-corrected chi connectivity index (χ4v) is 3.03. The molecule has 1 aromatic carbocycles. The summed E-state index contributed by atoms with van der Waals surface area (Å²) in [6.45, 7) is 0. The Balaban J connectivity index is 0.00000220. The lowest BCUT2D eigenvalue weighted by Crippen LogP contribution is -2.36. The van der Waals surface area contributed by atoms with Crippen molar-refractivity contribution in [1.29, 1.82) is 0 Å². The third-order valence-corrected chi connectivity index (χ3v) is 4.43. The number of nitrogens with two attached hydrogens (primary N) is 1. The van der Waals surface area contributed by atoms with Crippen molar-refractivity contribution in [3.8, 4) is 0 Å². The van der Waals surface area contributed by atoms with Crippen LogP contribution in [0.4, 0.5) is 5.69 Å². The van der Waals surface area contributed by atoms with Crippen LogP contribution < -0.4 is 5.73 Å². The van der Waals surface area contributed by atoms with Gasteiger partial charge in [0.15, 0.2) is 0 Å². The molecule has 0 aliphatic heterocycles. The molecule has 118 valence electrons. The zero-order valence-electron chi connectivity index (χ0n) is 12.9. The number of amides is 1. The molecule has 21 heavy (non-hydrogen) atoms. The summed E-state index contributed by atoms with van der Waals surface area (Å²) in [5.41, 5.74) is 7.79. The van der Waals surface area contributed by atoms with E-state index < -0.39 is 0 Å². The minimum atomic E-state index is 0. The van der Waals surface area contributed by atoms with Crippen molar-refractivity contribution in [3.63, 3.8) is 0 Å². The number of carbonyl (C=O) groups is 1. The highest BCUT2D eigenvalue weighted by atomic mass is 35.5. The van der Waals surface area contributed by atoms with Gasteiger partial charge in [-0.05, 0) is 30.9 Å². The Bertz CT molecular complexity index is 442. The molecule has 0 unspecified atom stereocenters. The summed E-state index contributed by atoms with van der Waals surface area (Å²) in [6.07, 6.45) is 8.77. The van der Waals surface area contributed by atoms with Crippen LogP contribution in [0.2, 0.25) is 0 Å². The van der Waals surface area contributed by atoms with Crippen LogP contribution in [-0.4, -0.2) is 23.9 Å². The van der Waals surface area contributed by atoms with Gasteiger partial charge in [0.2, 0.25) is 5.91 Å². The van der Waals surface area contributed by atoms with Crippen molar-refractivity contribution in [1.82, 2.24) is 4.90 Å². The SMILES string of the molecule is CN(C(=O)CCc1ccccc1N)C1CCCCCC1.Cl. The molecule has 1 fully saturated rings. The molecule has 2 N–H and O–H groups in total. The van der Waals surface area contributed by atoms with Crippen LogP contribution in [0.15, 0.2) is 24.3 Å². The molecule has 0 aromatic heterocycles. The van der Waals surface area contributed by atoms with Gasteiger partial charge in [-0.2, -0.15) is 0 Å². The van der Waals surface area contributed by atoms with Gasteiger partial charge in [0.05, 0.1) is 0 Å². The highest BCUT2D eigenvalue weighted by Crippen LogP contribution is 2.22. The first kappa shape index (κ1) is 17.8. The first-order valence-electron chi connectivity index (χ1n) is 7.77. The third-order valence-electron chi connectivity index (χ3n) is 4.43. The molecule has 0 atom stereocenters. The maximum Gasteiger partial charge on any atom is 0.222 e. The van der Waals surface area contributed by atoms with Crippen LogP contribution in [0.1, 0.15) is 50.5 Å². The Morgan fingerprint density at radius 3 is 2.43 bits per heavy atom. The predicted molar refractivity (Wildman–Crippen MR) is 90.7 cm³/mol. The molecule has 3 nitrogen and oxygen atoms in total. The number of nitrogens with zero attached hydrogens (tertiary/aromatic N) is 1. The summed E-state index contributed by atoms with van der Waals surface area (Å²) in [5, 5.41) is 0. The molecular weight excluding hydrogens is 284 g/mol. The zero-order chi connectivity index (χ0) is 14.4. The molecule has 4 heteroatoms. The number of benzene rings is 1. The second-order valence-corrected chi connectivity index (χ2v) is 5.85. The van der Waals surface area contributed by atoms with Gasteiger partial charge < -0.3 is 10.6 Å². The number of carbonyl (C=O) groups excluding carboxylic acids is 1. The lowest BCUT2D eigenvalue weighted by Gasteiger charge is -2.27. The Kier molecular flexibility index (Phi) is 7.58. The third kappa shape index (κ3) is 5.24. The van der Waals surface area contributed by atoms with Gasteiger partial charge in [0, 0.05) is 25.2 Å². The maximum atomic E-state index is 12.3. The summed E-state index contributed by atoms with van der Waals surface area (Å²) < 4.78 is 0. The van der Waals surface area contributed by atoms with Gasteiger partial charge in [0.25, 0.3) is 0 Å². The van der Waals surface area contributed by atoms with Crippen molar-refractivity contribution < 1.29 is 4.79 Å². The molecule has 1 aliphatic rings. The molecule has 0 spiro atoms. The summed E-state index contributed by atoms with van der Waals surface area (Å²) in [6, 6.07) is 8.25. The van der Waals surface area contributed by atoms with Crippen LogP contribution in [0.5, 0.6) is 0 Å². The Morgan fingerprint density at radius 1 is 1.19 bits per heavy atom. The van der Waals surface area contributed by atoms with E-state index in [-0.39, 0.29) is 18.3 Å². The zero-order valence-corrected chi connectivity index (χ0v) is 13.7. The molecule has 1 aliphatic carbocycles. The van der Waals surface area contributed by atoms with Crippen LogP contribution in [-0.2, 0) is 11.2 Å². The number of aryl methyl sites for hydroxylation is 1. The van der Waals surface area contributed by atoms with Crippen molar-refractivity contribution in [3.05, 3.63) is 29.8 Å². The molecule has 0 radical (unpaired) electrons. The minimum absolute atomic E-state index is 0. The maximum absolute atomic E-state index is 12.3. The van der Waals surface area contributed by atoms with E-state index in [1.807, 2.05) is 36.2 Å². The van der Waals surface area contributed by atoms with Crippen molar-refractivity contribution >= 4 is 24.0 Å². The first-order valence-corrected chi connectivity index (χ1v) is 7.77. The van der Waals surface area contributed by atoms with Gasteiger partial charge in [-0.15, -0.1) is 12.4 Å². The monoisotopic (exact) mass is 310 g/mol. The molecule has 0 heterocycles. The molecule has 1 saturated carbocycles. The molecular formula is C17H27ClN2O. The number of hydrogen-bond donors (Lipinski definition) is 1. The Labute approximate surface area is 134 Å². The van der Waals surface area contributed by atoms with Gasteiger partial charge in [-0.3, -0.25) is 4.79 Å². The summed E-state index contributed by atoms with van der Waals surface area (Å²) in [4.78, 5) is 14.3. The van der Waals surface area contributed by atoms with E-state index in [9.17, 15) is 4.79 Å². The van der Waals surface area contributed by atoms with E-state index in [0.717, 1.165) is 30.5 Å². The number of para-hydroxylation sites is 1. The van der Waals surface area contributed by atoms with Crippen LogP contribution in [0.3, 0.4) is 0 Å². The minimum Gasteiger partial charge on any atom is -0.399 e. The van der Waals surface area contributed by atoms with Gasteiger partial charge in [0.1, 0.15) is 0 Å². The Hall–Kier alpha value is -1.22. The van der Waals surface area contributed by atoms with Crippen molar-refractivity contribution in [2.75, 3.05) is 12.8 Å². The molecule has 1 aromatic rings. The Morgan fingerprint density at radius 2 is 1.81 bits per heavy atom. The van der Waals surface area contributed by atoms with Gasteiger partial charge in [-0.25, -0.2) is 0 Å². The highest BCUT2D eigenvalue weighted by Gasteiger charge is 2.20. The smallest absolute Gasteiger partial charge is 0.222 e. The summed E-state index contributed by atoms with van der Waals surface area (Å²) >= 11 is 0. The lowest BCUT2D eigenvalue weighted by atomic mass is 10.0. The van der Waals surface area contributed by atoms with Gasteiger partial charge in [-0.1, -0.05) is 43.9 Å². The normalized spacial score (nSPS) is 15.9. The average Bonchev–Trinajstić information content (AvgIpc) is 2.74. The second-order valence-electron chi connectivity index (χ2n) is 5.85. The number of nitrogen functional groups attached to an aromatic ring is 1. The predicted octanol–water partition coefficient (Wildman–Crippen LogP) is 3.80. The van der Waals surface area contributed by atoms with Crippen LogP contribution in [0, 0.1) is 0 Å². The summed E-state index contributed by atoms with van der Waals surface area (Å²) in [5.74, 6) is 0.250. The fourth-order valence-electron chi connectivity index (χ4n) is 3.03. The fraction of sp³-hybridized carbons (Fsp3) is 0.588. The summed E-state index contributed by atoms with van der Waals surface area (Å²) in [7, 11) is 1.96. The van der Waals surface area contributed by atoms with Crippen molar-refractivity contribution in [2.45, 2.75) is 57.4 Å². The van der Waals surface area contributed by atoms with E-state index in [2.05, 4.69) is 0 Å². The quantitative estimate of drug-likeness (QED) is 0.679. The molecule has 2 rings (SSSR count). The van der Waals surface area contributed by atoms with Crippen LogP contribution >= 0.6 is 12.4 Å². The highest BCUT2D eigenvalue weighted by molar-refractivity contribution is 5.85. The first-order chi connectivity index (χ1) is 9.68. The van der Waals surface area contributed by atoms with Crippen LogP contribution in [0.25, 0.3) is 0 Å². The lowest BCUT2D eigenvalue weighted by molar-refractivity contribution is -0.132. The average molecular weight is 311 g/mol. The van der Waals surface area contributed by atoms with E-state index in [1.165, 1.54) is 25.7 Å². The van der Waals surface area contributed by atoms with E-state index in [1.54, 1.807) is 0 Å². The number of anilines is 1. The van der Waals surface area contributed by atoms with Crippen molar-refractivity contribution in [2.24, 2.45) is 0 Å². The topological polar surface area (TPSA) is 46.3 Å². The number of hydrogen-bond acceptors (Lipinski definition) is 2. The molecule has 0 bridgehead atoms. The molecule has 0 saturated heterocycles. The van der Waals surface area contributed by atoms with E-state index in [0.29, 0.717) is 12.5 Å².